The Labute approximate surface area is 374 Å². The van der Waals surface area contributed by atoms with Gasteiger partial charge in [0.1, 0.15) is 0 Å². The maximum absolute atomic E-state index is 5.29. The average Bonchev–Trinajstić information content (AvgIpc) is 3.67. The van der Waals surface area contributed by atoms with Gasteiger partial charge in [0.15, 0.2) is 25.5 Å². The maximum atomic E-state index is 5.29. The predicted molar refractivity (Wildman–Crippen MR) is 269 cm³/mol. The molecule has 11 rings (SSSR count). The largest absolute Gasteiger partial charge is 0.309 e. The minimum absolute atomic E-state index is 0.617. The standard InChI is InChI=1S/C59H44N4Si/c1-41-31-34-51-52-35-32-42(2)38-56(52)63(55(51)37-41)46-33-36-53(59-61-57(43-19-8-3-9-20-43)60-58(62-59)44-21-10-4-11-22-44)54(40-46)45-23-18-30-50(39-45)64(47-24-12-5-13-25-47,48-26-14-6-15-27-48)49-28-16-7-17-29-49/h3-40H,1-2H3. The minimum atomic E-state index is -2.87. The SMILES string of the molecule is Cc1ccc2c3ccc(C)cc3n(-c3ccc(-c4nc(-c5ccccc5)nc(-c5ccccc5)n4)c(-c4cccc([Si](c5ccccc5)(c5ccccc5)c5ccccc5)c4)c3)c2c1. The lowest BCUT2D eigenvalue weighted by Gasteiger charge is -2.34. The summed E-state index contributed by atoms with van der Waals surface area (Å²) in [5.41, 5.74) is 10.8. The van der Waals surface area contributed by atoms with Gasteiger partial charge in [-0.2, -0.15) is 0 Å². The van der Waals surface area contributed by atoms with E-state index in [4.69, 9.17) is 15.0 Å². The van der Waals surface area contributed by atoms with Crippen molar-refractivity contribution in [3.63, 3.8) is 0 Å². The Balaban J connectivity index is 1.22. The molecule has 0 aliphatic rings. The lowest BCUT2D eigenvalue weighted by Crippen LogP contribution is -2.74. The highest BCUT2D eigenvalue weighted by molar-refractivity contribution is 7.19. The van der Waals surface area contributed by atoms with Crippen LogP contribution in [0.3, 0.4) is 0 Å². The van der Waals surface area contributed by atoms with Crippen LogP contribution in [0, 0.1) is 13.8 Å². The number of rotatable bonds is 9. The van der Waals surface area contributed by atoms with Crippen molar-refractivity contribution >= 4 is 50.6 Å². The van der Waals surface area contributed by atoms with Crippen molar-refractivity contribution < 1.29 is 0 Å². The number of nitrogens with zero attached hydrogens (tertiary/aromatic N) is 4. The molecule has 2 heterocycles. The number of fused-ring (bicyclic) bond motifs is 3. The van der Waals surface area contributed by atoms with E-state index in [1.807, 2.05) is 36.4 Å². The summed E-state index contributed by atoms with van der Waals surface area (Å²) in [6.45, 7) is 4.34. The molecule has 0 saturated heterocycles. The molecular weight excluding hydrogens is 793 g/mol. The molecular formula is C59H44N4Si. The topological polar surface area (TPSA) is 43.6 Å². The molecule has 0 atom stereocenters. The van der Waals surface area contributed by atoms with E-state index in [0.29, 0.717) is 17.5 Å². The fourth-order valence-electron chi connectivity index (χ4n) is 9.54. The first kappa shape index (κ1) is 38.9. The van der Waals surface area contributed by atoms with Crippen molar-refractivity contribution in [1.82, 2.24) is 19.5 Å². The van der Waals surface area contributed by atoms with Gasteiger partial charge in [-0.3, -0.25) is 0 Å². The highest BCUT2D eigenvalue weighted by Gasteiger charge is 2.41. The summed E-state index contributed by atoms with van der Waals surface area (Å²) in [7, 11) is -2.87. The van der Waals surface area contributed by atoms with E-state index >= 15 is 0 Å². The van der Waals surface area contributed by atoms with Crippen LogP contribution in [-0.4, -0.2) is 27.6 Å². The summed E-state index contributed by atoms with van der Waals surface area (Å²) < 4.78 is 2.43. The number of hydrogen-bond donors (Lipinski definition) is 0. The van der Waals surface area contributed by atoms with E-state index in [9.17, 15) is 0 Å². The van der Waals surface area contributed by atoms with Crippen molar-refractivity contribution in [3.05, 3.63) is 242 Å². The van der Waals surface area contributed by atoms with Crippen LogP contribution in [0.5, 0.6) is 0 Å². The number of aryl methyl sites for hydroxylation is 2. The van der Waals surface area contributed by atoms with Crippen LogP contribution in [0.15, 0.2) is 231 Å². The second-order valence-corrected chi connectivity index (χ2v) is 20.4. The van der Waals surface area contributed by atoms with Crippen molar-refractivity contribution in [1.29, 1.82) is 0 Å². The fraction of sp³-hybridized carbons (Fsp3) is 0.0339. The van der Waals surface area contributed by atoms with E-state index < -0.39 is 8.07 Å². The quantitative estimate of drug-likeness (QED) is 0.107. The summed E-state index contributed by atoms with van der Waals surface area (Å²) in [6, 6.07) is 83.4. The summed E-state index contributed by atoms with van der Waals surface area (Å²) in [6.07, 6.45) is 0. The van der Waals surface area contributed by atoms with Gasteiger partial charge >= 0.3 is 0 Å². The molecule has 0 aliphatic heterocycles. The van der Waals surface area contributed by atoms with E-state index in [2.05, 4.69) is 213 Å². The second-order valence-electron chi connectivity index (χ2n) is 16.6. The first-order valence-corrected chi connectivity index (χ1v) is 23.9. The molecule has 0 aliphatic carbocycles. The van der Waals surface area contributed by atoms with E-state index in [0.717, 1.165) is 33.5 Å². The van der Waals surface area contributed by atoms with E-state index in [1.54, 1.807) is 0 Å². The highest BCUT2D eigenvalue weighted by Crippen LogP contribution is 2.38. The molecule has 0 saturated carbocycles. The Morgan fingerprint density at radius 1 is 0.328 bits per heavy atom. The van der Waals surface area contributed by atoms with E-state index in [1.165, 1.54) is 53.7 Å². The molecule has 64 heavy (non-hydrogen) atoms. The van der Waals surface area contributed by atoms with Gasteiger partial charge in [-0.05, 0) is 87.2 Å². The van der Waals surface area contributed by atoms with Crippen LogP contribution in [0.4, 0.5) is 0 Å². The Kier molecular flexibility index (Phi) is 9.95. The maximum Gasteiger partial charge on any atom is 0.179 e. The molecule has 2 aromatic heterocycles. The van der Waals surface area contributed by atoms with Gasteiger partial charge in [0.25, 0.3) is 0 Å². The molecule has 0 fully saturated rings. The minimum Gasteiger partial charge on any atom is -0.309 e. The molecule has 0 N–H and O–H groups in total. The van der Waals surface area contributed by atoms with Gasteiger partial charge in [0.2, 0.25) is 0 Å². The zero-order valence-electron chi connectivity index (χ0n) is 35.7. The molecule has 5 heteroatoms. The van der Waals surface area contributed by atoms with Gasteiger partial charge in [-0.15, -0.1) is 0 Å². The Hall–Kier alpha value is -7.99. The average molecular weight is 837 g/mol. The Morgan fingerprint density at radius 2 is 0.750 bits per heavy atom. The number of hydrogen-bond acceptors (Lipinski definition) is 3. The van der Waals surface area contributed by atoms with E-state index in [-0.39, 0.29) is 0 Å². The van der Waals surface area contributed by atoms with Crippen LogP contribution in [0.25, 0.3) is 72.8 Å². The van der Waals surface area contributed by atoms with Crippen LogP contribution in [0.1, 0.15) is 11.1 Å². The third-order valence-corrected chi connectivity index (χ3v) is 17.3. The van der Waals surface area contributed by atoms with Gasteiger partial charge < -0.3 is 4.57 Å². The number of benzene rings is 9. The van der Waals surface area contributed by atoms with Gasteiger partial charge in [-0.1, -0.05) is 200 Å². The van der Waals surface area contributed by atoms with Crippen LogP contribution in [-0.2, 0) is 0 Å². The molecule has 0 bridgehead atoms. The molecule has 11 aromatic rings. The van der Waals surface area contributed by atoms with Crippen molar-refractivity contribution in [2.75, 3.05) is 0 Å². The molecule has 0 spiro atoms. The summed E-state index contributed by atoms with van der Waals surface area (Å²) in [4.78, 5) is 15.7. The molecule has 304 valence electrons. The second kappa shape index (κ2) is 16.4. The molecule has 4 nitrogen and oxygen atoms in total. The zero-order valence-corrected chi connectivity index (χ0v) is 36.7. The summed E-state index contributed by atoms with van der Waals surface area (Å²) in [5, 5.41) is 7.73. The third kappa shape index (κ3) is 6.83. The third-order valence-electron chi connectivity index (χ3n) is 12.5. The first-order chi connectivity index (χ1) is 31.5. The van der Waals surface area contributed by atoms with Gasteiger partial charge in [0.05, 0.1) is 11.0 Å². The highest BCUT2D eigenvalue weighted by atomic mass is 28.3. The van der Waals surface area contributed by atoms with Crippen molar-refractivity contribution in [3.8, 4) is 51.0 Å². The van der Waals surface area contributed by atoms with Crippen molar-refractivity contribution in [2.24, 2.45) is 0 Å². The van der Waals surface area contributed by atoms with Crippen molar-refractivity contribution in [2.45, 2.75) is 13.8 Å². The lowest BCUT2D eigenvalue weighted by molar-refractivity contribution is 1.07. The van der Waals surface area contributed by atoms with Crippen LogP contribution in [0.2, 0.25) is 0 Å². The molecule has 0 radical (unpaired) electrons. The fourth-order valence-corrected chi connectivity index (χ4v) is 14.3. The molecule has 0 amide bonds. The van der Waals surface area contributed by atoms with Crippen LogP contribution < -0.4 is 20.7 Å². The van der Waals surface area contributed by atoms with Crippen LogP contribution >= 0.6 is 0 Å². The summed E-state index contributed by atoms with van der Waals surface area (Å²) in [5.74, 6) is 1.88. The predicted octanol–water partition coefficient (Wildman–Crippen LogP) is 11.6. The lowest BCUT2D eigenvalue weighted by atomic mass is 9.98. The van der Waals surface area contributed by atoms with Gasteiger partial charge in [-0.25, -0.2) is 15.0 Å². The molecule has 0 unspecified atom stereocenters. The Morgan fingerprint density at radius 3 is 1.23 bits per heavy atom. The van der Waals surface area contributed by atoms with Gasteiger partial charge in [0, 0.05) is 33.2 Å². The molecule has 9 aromatic carbocycles. The Bertz CT molecular complexity index is 3230. The zero-order chi connectivity index (χ0) is 43.0. The summed E-state index contributed by atoms with van der Waals surface area (Å²) >= 11 is 0. The normalized spacial score (nSPS) is 11.6. The monoisotopic (exact) mass is 836 g/mol. The number of aromatic nitrogens is 4. The smallest absolute Gasteiger partial charge is 0.179 e. The first-order valence-electron chi connectivity index (χ1n) is 21.9.